The molecule has 2 saturated carbocycles. The van der Waals surface area contributed by atoms with Crippen molar-refractivity contribution < 1.29 is 19.1 Å². The summed E-state index contributed by atoms with van der Waals surface area (Å²) in [4.78, 5) is 23.5. The number of carbonyl (C=O) groups excluding carboxylic acids is 2. The number of benzene rings is 1. The molecule has 5 atom stereocenters. The Kier molecular flexibility index (Phi) is 4.01. The van der Waals surface area contributed by atoms with Gasteiger partial charge >= 0.3 is 5.97 Å². The number of ether oxygens (including phenoxy) is 2. The van der Waals surface area contributed by atoms with Crippen molar-refractivity contribution in [1.29, 1.82) is 0 Å². The van der Waals surface area contributed by atoms with Crippen LogP contribution in [0.3, 0.4) is 0 Å². The molecule has 0 radical (unpaired) electrons. The fourth-order valence-electron chi connectivity index (χ4n) is 6.55. The summed E-state index contributed by atoms with van der Waals surface area (Å²) in [6.07, 6.45) is 6.67. The third kappa shape index (κ3) is 2.41. The van der Waals surface area contributed by atoms with E-state index in [0.29, 0.717) is 17.6 Å². The minimum Gasteiger partial charge on any atom is -0.483 e. The zero-order chi connectivity index (χ0) is 18.9. The highest BCUT2D eigenvalue weighted by Gasteiger charge is 2.64. The molecule has 5 rings (SSSR count). The molecule has 3 aliphatic carbocycles. The third-order valence-corrected chi connectivity index (χ3v) is 8.14. The lowest BCUT2D eigenvalue weighted by Crippen LogP contribution is -2.63. The maximum absolute atomic E-state index is 11.8. The molecule has 1 amide bonds. The van der Waals surface area contributed by atoms with E-state index in [-0.39, 0.29) is 29.4 Å². The first-order chi connectivity index (χ1) is 12.9. The Hall–Kier alpha value is -1.31. The summed E-state index contributed by atoms with van der Waals surface area (Å²) >= 11 is 2.38. The first-order valence-electron chi connectivity index (χ1n) is 9.90. The lowest BCUT2D eigenvalue weighted by molar-refractivity contribution is -0.132. The van der Waals surface area contributed by atoms with E-state index in [0.717, 1.165) is 31.4 Å². The third-order valence-electron chi connectivity index (χ3n) is 7.18. The first-order valence-corrected chi connectivity index (χ1v) is 11.0. The van der Waals surface area contributed by atoms with Crippen molar-refractivity contribution in [3.63, 3.8) is 0 Å². The Labute approximate surface area is 172 Å². The number of hydrogen-bond donors (Lipinski definition) is 1. The van der Waals surface area contributed by atoms with Crippen molar-refractivity contribution in [1.82, 2.24) is 5.32 Å². The number of hydrogen-bond acceptors (Lipinski definition) is 4. The lowest BCUT2D eigenvalue weighted by atomic mass is 9.48. The van der Waals surface area contributed by atoms with Gasteiger partial charge < -0.3 is 14.8 Å². The normalized spacial score (nSPS) is 35.1. The fourth-order valence-corrected chi connectivity index (χ4v) is 7.32. The predicted octanol–water partition coefficient (Wildman–Crippen LogP) is 3.49. The van der Waals surface area contributed by atoms with E-state index in [2.05, 4.69) is 27.9 Å². The molecule has 5 nitrogen and oxygen atoms in total. The predicted molar refractivity (Wildman–Crippen MR) is 108 cm³/mol. The van der Waals surface area contributed by atoms with E-state index in [1.54, 1.807) is 6.92 Å². The smallest absolute Gasteiger partial charge is 0.308 e. The lowest BCUT2D eigenvalue weighted by Gasteiger charge is -2.56. The molecule has 4 aliphatic rings. The van der Waals surface area contributed by atoms with Crippen molar-refractivity contribution in [2.45, 2.75) is 69.9 Å². The van der Waals surface area contributed by atoms with Gasteiger partial charge in [-0.05, 0) is 78.2 Å². The van der Waals surface area contributed by atoms with Crippen LogP contribution in [0.2, 0.25) is 0 Å². The summed E-state index contributed by atoms with van der Waals surface area (Å²) in [6, 6.07) is 1.96. The number of halogens is 1. The maximum Gasteiger partial charge on any atom is 0.308 e. The number of nitrogens with one attached hydrogen (secondary N) is 1. The number of esters is 1. The number of amides is 1. The Morgan fingerprint density at radius 2 is 2.11 bits per heavy atom. The van der Waals surface area contributed by atoms with Crippen molar-refractivity contribution in [2.24, 2.45) is 11.8 Å². The van der Waals surface area contributed by atoms with Gasteiger partial charge in [-0.1, -0.05) is 6.42 Å². The summed E-state index contributed by atoms with van der Waals surface area (Å²) in [5.74, 6) is 2.25. The zero-order valence-corrected chi connectivity index (χ0v) is 17.8. The summed E-state index contributed by atoms with van der Waals surface area (Å²) < 4.78 is 13.3. The second-order valence-corrected chi connectivity index (χ2v) is 9.72. The van der Waals surface area contributed by atoms with E-state index in [4.69, 9.17) is 9.47 Å². The van der Waals surface area contributed by atoms with Crippen LogP contribution in [0.15, 0.2) is 6.07 Å². The molecular formula is C21H24INO4. The minimum atomic E-state index is -0.328. The summed E-state index contributed by atoms with van der Waals surface area (Å²) in [6.45, 7) is 3.01. The van der Waals surface area contributed by atoms with Gasteiger partial charge in [0.15, 0.2) is 11.5 Å². The second kappa shape index (κ2) is 6.09. The minimum absolute atomic E-state index is 0.00686. The molecule has 6 heteroatoms. The van der Waals surface area contributed by atoms with E-state index >= 15 is 0 Å². The average molecular weight is 481 g/mol. The van der Waals surface area contributed by atoms with Crippen LogP contribution in [-0.2, 0) is 21.4 Å². The molecule has 1 N–H and O–H groups in total. The van der Waals surface area contributed by atoms with E-state index in [1.807, 2.05) is 6.07 Å². The Balaban J connectivity index is 1.72. The van der Waals surface area contributed by atoms with Gasteiger partial charge in [0.05, 0.1) is 6.04 Å². The highest BCUT2D eigenvalue weighted by atomic mass is 127. The molecule has 1 aliphatic heterocycles. The van der Waals surface area contributed by atoms with Crippen molar-refractivity contribution in [2.75, 3.05) is 0 Å². The van der Waals surface area contributed by atoms with Crippen molar-refractivity contribution >= 4 is 34.5 Å². The van der Waals surface area contributed by atoms with Gasteiger partial charge in [0.25, 0.3) is 0 Å². The van der Waals surface area contributed by atoms with Gasteiger partial charge in [0.2, 0.25) is 5.91 Å². The molecule has 1 spiro atoms. The van der Waals surface area contributed by atoms with Gasteiger partial charge in [0, 0.05) is 28.4 Å². The summed E-state index contributed by atoms with van der Waals surface area (Å²) in [5.41, 5.74) is 2.62. The molecule has 1 unspecified atom stereocenters. The molecule has 1 aromatic rings. The van der Waals surface area contributed by atoms with Crippen molar-refractivity contribution in [3.8, 4) is 11.5 Å². The van der Waals surface area contributed by atoms with Crippen LogP contribution in [0.25, 0.3) is 0 Å². The van der Waals surface area contributed by atoms with Gasteiger partial charge in [-0.25, -0.2) is 0 Å². The molecule has 144 valence electrons. The summed E-state index contributed by atoms with van der Waals surface area (Å²) in [5, 5.41) is 3.15. The molecular weight excluding hydrogens is 457 g/mol. The van der Waals surface area contributed by atoms with Crippen LogP contribution in [0.1, 0.15) is 57.1 Å². The van der Waals surface area contributed by atoms with Gasteiger partial charge in [-0.3, -0.25) is 9.59 Å². The zero-order valence-electron chi connectivity index (χ0n) is 15.6. The Morgan fingerprint density at radius 1 is 1.30 bits per heavy atom. The molecule has 0 saturated heterocycles. The van der Waals surface area contributed by atoms with E-state index in [9.17, 15) is 9.59 Å². The fraction of sp³-hybridized carbons (Fsp3) is 0.619. The average Bonchev–Trinajstić information content (AvgIpc) is 2.91. The topological polar surface area (TPSA) is 64.6 Å². The number of carbonyl (C=O) groups is 2. The van der Waals surface area contributed by atoms with Crippen LogP contribution < -0.4 is 14.8 Å². The molecule has 2 bridgehead atoms. The highest BCUT2D eigenvalue weighted by Crippen LogP contribution is 2.66. The summed E-state index contributed by atoms with van der Waals surface area (Å²) in [7, 11) is 0. The van der Waals surface area contributed by atoms with Crippen molar-refractivity contribution in [3.05, 3.63) is 20.8 Å². The monoisotopic (exact) mass is 481 g/mol. The maximum atomic E-state index is 11.8. The van der Waals surface area contributed by atoms with E-state index in [1.165, 1.54) is 34.5 Å². The van der Waals surface area contributed by atoms with Gasteiger partial charge in [-0.2, -0.15) is 0 Å². The number of rotatable bonds is 2. The standard InChI is InChI=1S/C21H24INO4/c1-10(24)23-16-6-5-14-12-4-3-7-21(14)18-13(8-12)15(22)9-17(26-11(2)25)19(18)27-20(16)21/h9,12,14,16,20H,3-8H2,1-2H3,(H,23,24)/t12-,14?,16+,20+,21+/m1/s1. The van der Waals surface area contributed by atoms with Crippen LogP contribution in [0, 0.1) is 15.4 Å². The highest BCUT2D eigenvalue weighted by molar-refractivity contribution is 14.1. The largest absolute Gasteiger partial charge is 0.483 e. The Morgan fingerprint density at radius 3 is 2.85 bits per heavy atom. The van der Waals surface area contributed by atoms with Gasteiger partial charge in [0.1, 0.15) is 6.10 Å². The quantitative estimate of drug-likeness (QED) is 0.399. The Bertz CT molecular complexity index is 853. The van der Waals surface area contributed by atoms with Crippen LogP contribution in [0.5, 0.6) is 11.5 Å². The molecule has 0 aromatic heterocycles. The molecule has 1 aromatic carbocycles. The van der Waals surface area contributed by atoms with Crippen LogP contribution in [0.4, 0.5) is 0 Å². The van der Waals surface area contributed by atoms with Crippen LogP contribution in [-0.4, -0.2) is 24.0 Å². The second-order valence-electron chi connectivity index (χ2n) is 8.56. The van der Waals surface area contributed by atoms with Gasteiger partial charge in [-0.15, -0.1) is 0 Å². The SMILES string of the molecule is CC(=O)N[C@H]1CCC2[C@@H]3CCC[C@@]24c2c(c(I)cc(OC(C)=O)c2O[C@@H]14)C3. The molecule has 1 heterocycles. The molecule has 27 heavy (non-hydrogen) atoms. The molecule has 2 fully saturated rings. The van der Waals surface area contributed by atoms with Crippen LogP contribution >= 0.6 is 22.6 Å². The first kappa shape index (κ1) is 17.8. The van der Waals surface area contributed by atoms with E-state index < -0.39 is 0 Å².